The molecule has 0 aliphatic carbocycles. The number of carboxylic acids is 1. The van der Waals surface area contributed by atoms with E-state index in [9.17, 15) is 4.79 Å². The molecule has 2 rings (SSSR count). The second-order valence-corrected chi connectivity index (χ2v) is 6.15. The van der Waals surface area contributed by atoms with Crippen LogP contribution in [0.3, 0.4) is 0 Å². The highest BCUT2D eigenvalue weighted by Crippen LogP contribution is 2.29. The first-order chi connectivity index (χ1) is 9.49. The number of carbonyl (C=O) groups is 1. The third-order valence-corrected chi connectivity index (χ3v) is 4.05. The van der Waals surface area contributed by atoms with Crippen LogP contribution in [0.1, 0.15) is 13.3 Å². The number of hydrogen-bond donors (Lipinski definition) is 1. The Bertz CT molecular complexity index is 630. The van der Waals surface area contributed by atoms with Crippen LogP contribution in [0.25, 0.3) is 11.4 Å². The molecule has 1 heterocycles. The van der Waals surface area contributed by atoms with Gasteiger partial charge in [-0.25, -0.2) is 4.68 Å². The van der Waals surface area contributed by atoms with Crippen LogP contribution >= 0.6 is 31.9 Å². The summed E-state index contributed by atoms with van der Waals surface area (Å²) < 4.78 is 3.44. The lowest BCUT2D eigenvalue weighted by atomic mass is 10.1. The van der Waals surface area contributed by atoms with Gasteiger partial charge in [0.2, 0.25) is 0 Å². The van der Waals surface area contributed by atoms with Crippen molar-refractivity contribution in [2.24, 2.45) is 5.92 Å². The van der Waals surface area contributed by atoms with E-state index >= 15 is 0 Å². The molecule has 0 spiro atoms. The number of nitrogens with zero attached hydrogens (tertiary/aromatic N) is 4. The van der Waals surface area contributed by atoms with E-state index < -0.39 is 11.9 Å². The molecule has 0 saturated heterocycles. The predicted octanol–water partition coefficient (Wildman–Crippen LogP) is 2.98. The fourth-order valence-electron chi connectivity index (χ4n) is 1.66. The molecule has 1 N–H and O–H groups in total. The molecule has 1 aromatic carbocycles. The average molecular weight is 404 g/mol. The first-order valence-electron chi connectivity index (χ1n) is 5.93. The van der Waals surface area contributed by atoms with E-state index in [1.165, 1.54) is 0 Å². The van der Waals surface area contributed by atoms with Gasteiger partial charge in [0.1, 0.15) is 0 Å². The SMILES string of the molecule is CC(CCn1nnnc1-c1ccc(Br)cc1Br)C(=O)O. The van der Waals surface area contributed by atoms with Gasteiger partial charge in [-0.1, -0.05) is 22.9 Å². The lowest BCUT2D eigenvalue weighted by Crippen LogP contribution is -2.14. The zero-order valence-corrected chi connectivity index (χ0v) is 13.8. The molecule has 0 aliphatic rings. The summed E-state index contributed by atoms with van der Waals surface area (Å²) in [7, 11) is 0. The molecule has 106 valence electrons. The van der Waals surface area contributed by atoms with Gasteiger partial charge >= 0.3 is 5.97 Å². The zero-order chi connectivity index (χ0) is 14.7. The number of halogens is 2. The summed E-state index contributed by atoms with van der Waals surface area (Å²) in [5.41, 5.74) is 0.862. The highest BCUT2D eigenvalue weighted by molar-refractivity contribution is 9.11. The zero-order valence-electron chi connectivity index (χ0n) is 10.6. The number of benzene rings is 1. The third kappa shape index (κ3) is 3.43. The van der Waals surface area contributed by atoms with Crippen molar-refractivity contribution in [3.8, 4) is 11.4 Å². The number of aromatic nitrogens is 4. The summed E-state index contributed by atoms with van der Waals surface area (Å²) in [6, 6.07) is 5.71. The Kier molecular flexibility index (Phi) is 4.87. The van der Waals surface area contributed by atoms with Crippen molar-refractivity contribution in [3.63, 3.8) is 0 Å². The smallest absolute Gasteiger partial charge is 0.306 e. The number of carboxylic acid groups (broad SMARTS) is 1. The highest BCUT2D eigenvalue weighted by Gasteiger charge is 2.15. The summed E-state index contributed by atoms with van der Waals surface area (Å²) >= 11 is 6.86. The van der Waals surface area contributed by atoms with E-state index in [-0.39, 0.29) is 0 Å². The van der Waals surface area contributed by atoms with Crippen molar-refractivity contribution in [1.82, 2.24) is 20.2 Å². The van der Waals surface area contributed by atoms with E-state index in [1.54, 1.807) is 11.6 Å². The van der Waals surface area contributed by atoms with Crippen LogP contribution in [0.15, 0.2) is 27.1 Å². The van der Waals surface area contributed by atoms with Crippen LogP contribution in [-0.2, 0) is 11.3 Å². The van der Waals surface area contributed by atoms with Crippen molar-refractivity contribution in [2.75, 3.05) is 0 Å². The Morgan fingerprint density at radius 1 is 1.45 bits per heavy atom. The molecule has 20 heavy (non-hydrogen) atoms. The second kappa shape index (κ2) is 6.45. The molecule has 0 bridgehead atoms. The minimum absolute atomic E-state index is 0.430. The van der Waals surface area contributed by atoms with Crippen LogP contribution in [0.4, 0.5) is 0 Å². The number of rotatable bonds is 5. The second-order valence-electron chi connectivity index (χ2n) is 4.38. The predicted molar refractivity (Wildman–Crippen MR) is 80.1 cm³/mol. The van der Waals surface area contributed by atoms with Gasteiger partial charge in [0.25, 0.3) is 0 Å². The molecular weight excluding hydrogens is 392 g/mol. The minimum atomic E-state index is -0.815. The molecule has 8 heteroatoms. The molecule has 6 nitrogen and oxygen atoms in total. The van der Waals surface area contributed by atoms with Crippen molar-refractivity contribution in [2.45, 2.75) is 19.9 Å². The molecule has 0 fully saturated rings. The summed E-state index contributed by atoms with van der Waals surface area (Å²) in [4.78, 5) is 10.8. The highest BCUT2D eigenvalue weighted by atomic mass is 79.9. The fourth-order valence-corrected chi connectivity index (χ4v) is 2.88. The molecule has 1 aromatic heterocycles. The maximum atomic E-state index is 10.8. The first-order valence-corrected chi connectivity index (χ1v) is 7.52. The van der Waals surface area contributed by atoms with E-state index in [0.29, 0.717) is 18.8 Å². The fraction of sp³-hybridized carbons (Fsp3) is 0.333. The number of tetrazole rings is 1. The van der Waals surface area contributed by atoms with Gasteiger partial charge in [-0.05, 0) is 51.0 Å². The molecule has 2 aromatic rings. The standard InChI is InChI=1S/C12H12Br2N4O2/c1-7(12(19)20)4-5-18-11(15-16-17-18)9-3-2-8(13)6-10(9)14/h2-3,6-7H,4-5H2,1H3,(H,19,20). The molecule has 0 amide bonds. The number of hydrogen-bond acceptors (Lipinski definition) is 4. The normalized spacial score (nSPS) is 12.3. The summed E-state index contributed by atoms with van der Waals surface area (Å²) in [5.74, 6) is -0.633. The largest absolute Gasteiger partial charge is 0.481 e. The molecule has 0 aliphatic heterocycles. The van der Waals surface area contributed by atoms with E-state index in [1.807, 2.05) is 18.2 Å². The van der Waals surface area contributed by atoms with Gasteiger partial charge in [0.15, 0.2) is 5.82 Å². The van der Waals surface area contributed by atoms with Gasteiger partial charge in [0, 0.05) is 21.1 Å². The minimum Gasteiger partial charge on any atom is -0.481 e. The lowest BCUT2D eigenvalue weighted by Gasteiger charge is -2.08. The Hall–Kier alpha value is -1.28. The first kappa shape index (κ1) is 15.1. The third-order valence-electron chi connectivity index (χ3n) is 2.90. The Morgan fingerprint density at radius 2 is 2.20 bits per heavy atom. The summed E-state index contributed by atoms with van der Waals surface area (Å²) in [6.45, 7) is 2.13. The number of aliphatic carboxylic acids is 1. The summed E-state index contributed by atoms with van der Waals surface area (Å²) in [6.07, 6.45) is 0.474. The van der Waals surface area contributed by atoms with Gasteiger partial charge in [-0.3, -0.25) is 4.79 Å². The Labute approximate surface area is 132 Å². The molecule has 0 radical (unpaired) electrons. The van der Waals surface area contributed by atoms with E-state index in [2.05, 4.69) is 47.4 Å². The van der Waals surface area contributed by atoms with Gasteiger partial charge in [-0.15, -0.1) is 5.10 Å². The molecule has 0 saturated carbocycles. The molecule has 1 atom stereocenters. The van der Waals surface area contributed by atoms with E-state index in [4.69, 9.17) is 5.11 Å². The average Bonchev–Trinajstić information content (AvgIpc) is 2.84. The molecule has 1 unspecified atom stereocenters. The summed E-state index contributed by atoms with van der Waals surface area (Å²) in [5, 5.41) is 20.5. The van der Waals surface area contributed by atoms with Crippen molar-refractivity contribution >= 4 is 37.8 Å². The maximum Gasteiger partial charge on any atom is 0.306 e. The lowest BCUT2D eigenvalue weighted by molar-refractivity contribution is -0.141. The van der Waals surface area contributed by atoms with Crippen molar-refractivity contribution in [1.29, 1.82) is 0 Å². The van der Waals surface area contributed by atoms with Crippen molar-refractivity contribution in [3.05, 3.63) is 27.1 Å². The van der Waals surface area contributed by atoms with Gasteiger partial charge in [-0.2, -0.15) is 0 Å². The van der Waals surface area contributed by atoms with Crippen LogP contribution in [0.2, 0.25) is 0 Å². The Morgan fingerprint density at radius 3 is 2.85 bits per heavy atom. The van der Waals surface area contributed by atoms with Gasteiger partial charge < -0.3 is 5.11 Å². The van der Waals surface area contributed by atoms with Crippen LogP contribution in [-0.4, -0.2) is 31.3 Å². The van der Waals surface area contributed by atoms with Gasteiger partial charge in [0.05, 0.1) is 5.92 Å². The van der Waals surface area contributed by atoms with Crippen LogP contribution in [0.5, 0.6) is 0 Å². The van der Waals surface area contributed by atoms with Crippen molar-refractivity contribution < 1.29 is 9.90 Å². The quantitative estimate of drug-likeness (QED) is 0.829. The topological polar surface area (TPSA) is 80.9 Å². The van der Waals surface area contributed by atoms with Crippen LogP contribution in [0, 0.1) is 5.92 Å². The Balaban J connectivity index is 2.22. The number of aryl methyl sites for hydroxylation is 1. The van der Waals surface area contributed by atoms with E-state index in [0.717, 1.165) is 14.5 Å². The van der Waals surface area contributed by atoms with Crippen LogP contribution < -0.4 is 0 Å². The monoisotopic (exact) mass is 402 g/mol. The molecular formula is C12H12Br2N4O2. The maximum absolute atomic E-state index is 10.8.